The van der Waals surface area contributed by atoms with Crippen molar-refractivity contribution in [1.82, 2.24) is 4.72 Å². The number of methoxy groups -OCH3 is 1. The van der Waals surface area contributed by atoms with Gasteiger partial charge in [-0.05, 0) is 33.3 Å². The highest BCUT2D eigenvalue weighted by Crippen LogP contribution is 2.21. The van der Waals surface area contributed by atoms with E-state index in [1.165, 1.54) is 7.11 Å². The molecule has 1 aromatic rings. The molecule has 0 heterocycles. The number of ether oxygens (including phenoxy) is 1. The minimum atomic E-state index is -3.66. The van der Waals surface area contributed by atoms with Crippen LogP contribution in [0.4, 0.5) is 0 Å². The van der Waals surface area contributed by atoms with Crippen LogP contribution in [0.3, 0.4) is 0 Å². The first kappa shape index (κ1) is 16.7. The van der Waals surface area contributed by atoms with Crippen molar-refractivity contribution in [1.29, 1.82) is 0 Å². The average molecular weight is 299 g/mol. The molecule has 112 valence electrons. The largest absolute Gasteiger partial charge is 0.468 e. The Morgan fingerprint density at radius 3 is 2.35 bits per heavy atom. The van der Waals surface area contributed by atoms with E-state index >= 15 is 0 Å². The summed E-state index contributed by atoms with van der Waals surface area (Å²) in [6, 6.07) is 6.05. The minimum absolute atomic E-state index is 0.560. The van der Waals surface area contributed by atoms with Gasteiger partial charge in [0.2, 0.25) is 10.0 Å². The van der Waals surface area contributed by atoms with Crippen molar-refractivity contribution in [3.05, 3.63) is 35.4 Å². The highest BCUT2D eigenvalue weighted by Gasteiger charge is 2.34. The predicted octanol–water partition coefficient (Wildman–Crippen LogP) is 1.93. The quantitative estimate of drug-likeness (QED) is 0.862. The van der Waals surface area contributed by atoms with E-state index in [1.54, 1.807) is 39.0 Å². The first-order valence-corrected chi connectivity index (χ1v) is 7.73. The number of esters is 1. The molecule has 1 N–H and O–H groups in total. The van der Waals surface area contributed by atoms with E-state index in [2.05, 4.69) is 4.72 Å². The molecular formula is C14H21NO4S. The molecule has 1 rings (SSSR count). The Labute approximate surface area is 120 Å². The Balaban J connectivity index is 3.20. The molecule has 6 heteroatoms. The number of carbonyl (C=O) groups excluding carboxylic acids is 1. The number of hydrogen-bond donors (Lipinski definition) is 1. The van der Waals surface area contributed by atoms with E-state index < -0.39 is 26.8 Å². The van der Waals surface area contributed by atoms with Crippen LogP contribution in [0.1, 0.15) is 37.9 Å². The fraction of sp³-hybridized carbons (Fsp3) is 0.500. The third-order valence-electron chi connectivity index (χ3n) is 2.89. The molecule has 0 bridgehead atoms. The van der Waals surface area contributed by atoms with Crippen LogP contribution in [0.25, 0.3) is 0 Å². The zero-order valence-electron chi connectivity index (χ0n) is 12.4. The summed E-state index contributed by atoms with van der Waals surface area (Å²) >= 11 is 0. The number of aryl methyl sites for hydroxylation is 1. The molecule has 0 radical (unpaired) electrons. The molecule has 0 saturated carbocycles. The molecule has 1 unspecified atom stereocenters. The molecule has 5 nitrogen and oxygen atoms in total. The van der Waals surface area contributed by atoms with Gasteiger partial charge in [-0.2, -0.15) is 4.72 Å². The smallest absolute Gasteiger partial charge is 0.328 e. The lowest BCUT2D eigenvalue weighted by Crippen LogP contribution is -2.43. The number of nitrogens with one attached hydrogen (secondary N) is 1. The Kier molecular flexibility index (Phi) is 4.94. The molecular weight excluding hydrogens is 278 g/mol. The number of carbonyl (C=O) groups is 1. The number of benzene rings is 1. The fourth-order valence-electron chi connectivity index (χ4n) is 1.55. The van der Waals surface area contributed by atoms with Gasteiger partial charge in [-0.3, -0.25) is 0 Å². The zero-order valence-corrected chi connectivity index (χ0v) is 13.2. The summed E-state index contributed by atoms with van der Waals surface area (Å²) in [5.41, 5.74) is 1.50. The number of rotatable bonds is 4. The highest BCUT2D eigenvalue weighted by molar-refractivity contribution is 7.90. The minimum Gasteiger partial charge on any atom is -0.468 e. The molecule has 0 aliphatic carbocycles. The van der Waals surface area contributed by atoms with Crippen LogP contribution in [0, 0.1) is 6.92 Å². The second-order valence-electron chi connectivity index (χ2n) is 5.60. The highest BCUT2D eigenvalue weighted by atomic mass is 32.2. The summed E-state index contributed by atoms with van der Waals surface area (Å²) in [7, 11) is -2.43. The lowest BCUT2D eigenvalue weighted by Gasteiger charge is -2.24. The van der Waals surface area contributed by atoms with Crippen molar-refractivity contribution in [3.8, 4) is 0 Å². The monoisotopic (exact) mass is 299 g/mol. The first-order chi connectivity index (χ1) is 9.08. The van der Waals surface area contributed by atoms with Gasteiger partial charge < -0.3 is 4.74 Å². The number of hydrogen-bond acceptors (Lipinski definition) is 4. The zero-order chi connectivity index (χ0) is 15.6. The summed E-state index contributed by atoms with van der Waals surface area (Å²) in [5.74, 6) is -0.636. The van der Waals surface area contributed by atoms with Gasteiger partial charge in [-0.25, -0.2) is 13.2 Å². The van der Waals surface area contributed by atoms with Crippen molar-refractivity contribution in [3.63, 3.8) is 0 Å². The van der Waals surface area contributed by atoms with Crippen LogP contribution < -0.4 is 4.72 Å². The van der Waals surface area contributed by atoms with Crippen LogP contribution >= 0.6 is 0 Å². The van der Waals surface area contributed by atoms with Gasteiger partial charge in [0.25, 0.3) is 0 Å². The van der Waals surface area contributed by atoms with Crippen LogP contribution in [0.15, 0.2) is 24.3 Å². The molecule has 0 saturated heterocycles. The van der Waals surface area contributed by atoms with E-state index in [1.807, 2.05) is 13.0 Å². The van der Waals surface area contributed by atoms with E-state index in [-0.39, 0.29) is 0 Å². The molecule has 1 atom stereocenters. The van der Waals surface area contributed by atoms with Gasteiger partial charge in [0.15, 0.2) is 0 Å². The van der Waals surface area contributed by atoms with Gasteiger partial charge in [0.05, 0.1) is 11.9 Å². The number of sulfonamides is 1. The summed E-state index contributed by atoms with van der Waals surface area (Å²) < 4.78 is 30.6. The molecule has 0 spiro atoms. The van der Waals surface area contributed by atoms with Crippen LogP contribution in [0.2, 0.25) is 0 Å². The fourth-order valence-corrected chi connectivity index (χ4v) is 2.45. The van der Waals surface area contributed by atoms with Crippen molar-refractivity contribution < 1.29 is 17.9 Å². The molecule has 0 aliphatic heterocycles. The average Bonchev–Trinajstić information content (AvgIpc) is 2.33. The maximum absolute atomic E-state index is 12.2. The Hall–Kier alpha value is -1.40. The Morgan fingerprint density at radius 2 is 1.90 bits per heavy atom. The van der Waals surface area contributed by atoms with Crippen molar-refractivity contribution in [2.75, 3.05) is 7.11 Å². The summed E-state index contributed by atoms with van der Waals surface area (Å²) in [6.07, 6.45) is 0. The third kappa shape index (κ3) is 3.80. The van der Waals surface area contributed by atoms with Crippen LogP contribution in [-0.4, -0.2) is 26.2 Å². The van der Waals surface area contributed by atoms with E-state index in [9.17, 15) is 13.2 Å². The van der Waals surface area contributed by atoms with Crippen molar-refractivity contribution >= 4 is 16.0 Å². The molecule has 0 fully saturated rings. The Bertz CT molecular complexity index is 587. The standard InChI is InChI=1S/C14H21NO4S/c1-10-7-6-8-11(9-10)12(13(16)19-5)15-20(17,18)14(2,3)4/h6-9,12,15H,1-5H3. The van der Waals surface area contributed by atoms with Crippen LogP contribution in [0.5, 0.6) is 0 Å². The maximum Gasteiger partial charge on any atom is 0.328 e. The van der Waals surface area contributed by atoms with E-state index in [0.717, 1.165) is 5.56 Å². The normalized spacial score (nSPS) is 13.8. The molecule has 20 heavy (non-hydrogen) atoms. The third-order valence-corrected chi connectivity index (χ3v) is 5.05. The van der Waals surface area contributed by atoms with Crippen molar-refractivity contribution in [2.24, 2.45) is 0 Å². The van der Waals surface area contributed by atoms with E-state index in [4.69, 9.17) is 4.74 Å². The van der Waals surface area contributed by atoms with Crippen LogP contribution in [-0.2, 0) is 19.6 Å². The lowest BCUT2D eigenvalue weighted by atomic mass is 10.1. The summed E-state index contributed by atoms with van der Waals surface area (Å²) in [4.78, 5) is 11.9. The lowest BCUT2D eigenvalue weighted by molar-refractivity contribution is -0.142. The van der Waals surface area contributed by atoms with Gasteiger partial charge in [0, 0.05) is 0 Å². The summed E-state index contributed by atoms with van der Waals surface area (Å²) in [5, 5.41) is 0. The Morgan fingerprint density at radius 1 is 1.30 bits per heavy atom. The molecule has 1 aromatic carbocycles. The van der Waals surface area contributed by atoms with Gasteiger partial charge in [-0.15, -0.1) is 0 Å². The predicted molar refractivity (Wildman–Crippen MR) is 77.7 cm³/mol. The molecule has 0 aliphatic rings. The molecule has 0 aromatic heterocycles. The van der Waals surface area contributed by atoms with Gasteiger partial charge in [0.1, 0.15) is 6.04 Å². The van der Waals surface area contributed by atoms with E-state index in [0.29, 0.717) is 5.56 Å². The van der Waals surface area contributed by atoms with Gasteiger partial charge >= 0.3 is 5.97 Å². The summed E-state index contributed by atoms with van der Waals surface area (Å²) in [6.45, 7) is 6.58. The SMILES string of the molecule is COC(=O)C(NS(=O)(=O)C(C)(C)C)c1cccc(C)c1. The van der Waals surface area contributed by atoms with Crippen molar-refractivity contribution in [2.45, 2.75) is 38.5 Å². The topological polar surface area (TPSA) is 72.5 Å². The van der Waals surface area contributed by atoms with Gasteiger partial charge in [-0.1, -0.05) is 29.8 Å². The molecule has 0 amide bonds. The second kappa shape index (κ2) is 5.93. The maximum atomic E-state index is 12.2. The second-order valence-corrected chi connectivity index (χ2v) is 8.07. The first-order valence-electron chi connectivity index (χ1n) is 6.25.